The number of rotatable bonds is 7. The van der Waals surface area contributed by atoms with Crippen LogP contribution in [0.4, 0.5) is 0 Å². The Morgan fingerprint density at radius 2 is 1.16 bits per heavy atom. The third-order valence-electron chi connectivity index (χ3n) is 9.56. The molecule has 0 saturated heterocycles. The van der Waals surface area contributed by atoms with Crippen molar-refractivity contribution in [2.45, 2.75) is 58.5 Å². The molecule has 4 amide bonds. The summed E-state index contributed by atoms with van der Waals surface area (Å²) in [6.07, 6.45) is 5.09. The molecule has 5 aromatic rings. The fourth-order valence-electron chi connectivity index (χ4n) is 7.38. The van der Waals surface area contributed by atoms with Crippen molar-refractivity contribution in [1.29, 1.82) is 10.5 Å². The maximum Gasteiger partial charge on any atom is 0.261 e. The highest BCUT2D eigenvalue weighted by atomic mass is 16.2. The molecular weight excluding hydrogens is 564 g/mol. The Balaban J connectivity index is 1.61. The molecule has 2 atom stereocenters. The lowest BCUT2D eigenvalue weighted by Crippen LogP contribution is -2.46. The minimum atomic E-state index is -0.572. The van der Waals surface area contributed by atoms with E-state index in [2.05, 4.69) is 25.6 Å². The maximum atomic E-state index is 14.0. The topological polar surface area (TPSA) is 122 Å². The molecule has 5 aromatic carbocycles. The molecule has 0 aliphatic carbocycles. The van der Waals surface area contributed by atoms with Crippen LogP contribution in [0.3, 0.4) is 0 Å². The molecule has 0 bridgehead atoms. The van der Waals surface area contributed by atoms with Crippen molar-refractivity contribution in [2.75, 3.05) is 0 Å². The third kappa shape index (κ3) is 3.57. The molecule has 8 heteroatoms. The van der Waals surface area contributed by atoms with Crippen LogP contribution in [-0.4, -0.2) is 45.5 Å². The zero-order valence-corrected chi connectivity index (χ0v) is 25.2. The molecule has 8 nitrogen and oxygen atoms in total. The second kappa shape index (κ2) is 9.97. The summed E-state index contributed by atoms with van der Waals surface area (Å²) in [5, 5.41) is 25.0. The summed E-state index contributed by atoms with van der Waals surface area (Å²) >= 11 is 0. The van der Waals surface area contributed by atoms with Crippen LogP contribution in [0.15, 0.2) is 49.1 Å². The number of unbranched alkanes of at least 4 members (excludes halogenated alkanes) is 2. The van der Waals surface area contributed by atoms with Crippen molar-refractivity contribution in [3.8, 4) is 12.1 Å². The van der Waals surface area contributed by atoms with Gasteiger partial charge in [-0.1, -0.05) is 44.4 Å². The summed E-state index contributed by atoms with van der Waals surface area (Å²) in [6.45, 7) is 9.42. The van der Waals surface area contributed by atoms with E-state index in [4.69, 9.17) is 0 Å². The van der Waals surface area contributed by atoms with Crippen molar-refractivity contribution in [1.82, 2.24) is 9.80 Å². The quantitative estimate of drug-likeness (QED) is 0.0647. The zero-order valence-electron chi connectivity index (χ0n) is 25.2. The summed E-state index contributed by atoms with van der Waals surface area (Å²) in [5.41, 5.74) is 1.63. The highest BCUT2D eigenvalue weighted by Crippen LogP contribution is 2.48. The van der Waals surface area contributed by atoms with E-state index in [9.17, 15) is 29.7 Å². The zero-order chi connectivity index (χ0) is 31.9. The van der Waals surface area contributed by atoms with E-state index in [1.807, 2.05) is 6.92 Å². The van der Waals surface area contributed by atoms with Gasteiger partial charge in [-0.05, 0) is 55.3 Å². The first-order chi connectivity index (χ1) is 21.7. The molecule has 0 aromatic heterocycles. The largest absolute Gasteiger partial charge is 0.272 e. The number of amides is 4. The number of carbonyl (C=O) groups excluding carboxylic acids is 4. The molecule has 0 saturated carbocycles. The fourth-order valence-corrected chi connectivity index (χ4v) is 7.38. The van der Waals surface area contributed by atoms with Gasteiger partial charge in [-0.2, -0.15) is 10.5 Å². The van der Waals surface area contributed by atoms with Crippen LogP contribution < -0.4 is 0 Å². The molecule has 2 aliphatic heterocycles. The predicted octanol–water partition coefficient (Wildman–Crippen LogP) is 7.22. The number of imide groups is 2. The lowest BCUT2D eigenvalue weighted by Gasteiger charge is -2.33. The van der Waals surface area contributed by atoms with Crippen molar-refractivity contribution in [2.24, 2.45) is 0 Å². The molecule has 0 N–H and O–H groups in total. The van der Waals surface area contributed by atoms with Gasteiger partial charge in [0, 0.05) is 49.5 Å². The minimum Gasteiger partial charge on any atom is -0.272 e. The smallest absolute Gasteiger partial charge is 0.261 e. The predicted molar refractivity (Wildman–Crippen MR) is 171 cm³/mol. The van der Waals surface area contributed by atoms with Crippen molar-refractivity contribution >= 4 is 66.7 Å². The van der Waals surface area contributed by atoms with E-state index in [0.29, 0.717) is 60.6 Å². The van der Waals surface area contributed by atoms with Gasteiger partial charge in [0.2, 0.25) is 0 Å². The Kier molecular flexibility index (Phi) is 6.24. The Bertz CT molecular complexity index is 2300. The Morgan fingerprint density at radius 3 is 1.62 bits per heavy atom. The molecule has 2 heterocycles. The van der Waals surface area contributed by atoms with Crippen LogP contribution in [0.1, 0.15) is 99.0 Å². The van der Waals surface area contributed by atoms with Crippen molar-refractivity contribution in [3.63, 3.8) is 0 Å². The number of fused-ring (bicyclic) bond motifs is 2. The first kappa shape index (κ1) is 28.2. The monoisotopic (exact) mass is 592 g/mol. The van der Waals surface area contributed by atoms with Crippen LogP contribution in [0.2, 0.25) is 0 Å². The first-order valence-electron chi connectivity index (χ1n) is 15.2. The van der Waals surface area contributed by atoms with Crippen LogP contribution >= 0.6 is 0 Å². The lowest BCUT2D eigenvalue weighted by molar-refractivity contribution is 0.0537. The second-order valence-corrected chi connectivity index (χ2v) is 12.0. The van der Waals surface area contributed by atoms with E-state index >= 15 is 0 Å². The molecule has 0 radical (unpaired) electrons. The van der Waals surface area contributed by atoms with Gasteiger partial charge in [-0.25, -0.2) is 0 Å². The van der Waals surface area contributed by atoms with Crippen LogP contribution in [0.5, 0.6) is 0 Å². The van der Waals surface area contributed by atoms with Gasteiger partial charge in [0.25, 0.3) is 23.6 Å². The van der Waals surface area contributed by atoms with Crippen LogP contribution in [0, 0.1) is 22.7 Å². The summed E-state index contributed by atoms with van der Waals surface area (Å²) in [5.74, 6) is -1.83. The third-order valence-corrected chi connectivity index (χ3v) is 9.56. The van der Waals surface area contributed by atoms with E-state index in [-0.39, 0.29) is 34.2 Å². The summed E-state index contributed by atoms with van der Waals surface area (Å²) in [6, 6.07) is 13.5. The molecule has 7 rings (SSSR count). The molecule has 45 heavy (non-hydrogen) atoms. The van der Waals surface area contributed by atoms with E-state index in [1.54, 1.807) is 37.3 Å². The number of nitriles is 2. The Labute approximate surface area is 259 Å². The average molecular weight is 593 g/mol. The lowest BCUT2D eigenvalue weighted by atomic mass is 9.79. The van der Waals surface area contributed by atoms with Gasteiger partial charge in [0.15, 0.2) is 0 Å². The average Bonchev–Trinajstić information content (AvgIpc) is 3.04. The number of benzene rings is 5. The molecular formula is C37H28N4O4. The van der Waals surface area contributed by atoms with Crippen LogP contribution in [0.25, 0.3) is 43.1 Å². The van der Waals surface area contributed by atoms with E-state index in [1.165, 1.54) is 17.0 Å². The van der Waals surface area contributed by atoms with E-state index < -0.39 is 23.8 Å². The highest BCUT2D eigenvalue weighted by Gasteiger charge is 2.40. The van der Waals surface area contributed by atoms with Gasteiger partial charge < -0.3 is 0 Å². The number of carbonyl (C=O) groups is 4. The molecule has 0 fully saturated rings. The molecule has 0 spiro atoms. The number of nitrogens with zero attached hydrogens (tertiary/aromatic N) is 4. The van der Waals surface area contributed by atoms with Gasteiger partial charge in [-0.3, -0.25) is 29.0 Å². The fraction of sp³-hybridized carbons (Fsp3) is 0.243. The maximum absolute atomic E-state index is 14.0. The second-order valence-electron chi connectivity index (χ2n) is 12.0. The number of hydrogen-bond donors (Lipinski definition) is 0. The molecule has 2 aliphatic rings. The number of hydrogen-bond acceptors (Lipinski definition) is 6. The van der Waals surface area contributed by atoms with Gasteiger partial charge in [0.05, 0.1) is 40.4 Å². The minimum absolute atomic E-state index is 0.217. The van der Waals surface area contributed by atoms with Crippen molar-refractivity contribution < 1.29 is 19.2 Å². The Morgan fingerprint density at radius 1 is 0.689 bits per heavy atom. The summed E-state index contributed by atoms with van der Waals surface area (Å²) < 4.78 is 0. The van der Waals surface area contributed by atoms with Crippen LogP contribution in [-0.2, 0) is 0 Å². The van der Waals surface area contributed by atoms with Crippen molar-refractivity contribution in [3.05, 3.63) is 82.4 Å². The standard InChI is InChI=1S/C37H28N4O4/c1-5-7-8-9-19(4)41-35(43)25-13-11-23-28-20(16-38)14-26-30-24(34(42)40(36(26)44)18(3)6-2)12-10-22(32(28)30)29-21(17-39)15-27(37(41)45)31(25)33(23)29/h6,10-15,18-19H,2,5,7-9H2,1,3-4H3. The Hall–Kier alpha value is -5.60. The molecule has 220 valence electrons. The summed E-state index contributed by atoms with van der Waals surface area (Å²) in [7, 11) is 0. The van der Waals surface area contributed by atoms with E-state index in [0.717, 1.165) is 24.2 Å². The normalized spacial score (nSPS) is 15.8. The van der Waals surface area contributed by atoms with Gasteiger partial charge in [-0.15, -0.1) is 6.58 Å². The van der Waals surface area contributed by atoms with Gasteiger partial charge >= 0.3 is 0 Å². The first-order valence-corrected chi connectivity index (χ1v) is 15.2. The van der Waals surface area contributed by atoms with Gasteiger partial charge in [0.1, 0.15) is 0 Å². The SMILES string of the molecule is C=CC(C)N1C(=O)c2ccc3c4c(C#N)cc5c6c(ccc(c7c(C#N)cc(c2c37)C1=O)c64)C(=O)N(C(C)CCCCC)C5=O. The summed E-state index contributed by atoms with van der Waals surface area (Å²) in [4.78, 5) is 57.9. The highest BCUT2D eigenvalue weighted by molar-refractivity contribution is 6.42. The molecule has 2 unspecified atom stereocenters.